The van der Waals surface area contributed by atoms with Crippen LogP contribution in [0.15, 0.2) is 121 Å². The molecule has 0 amide bonds. The highest BCUT2D eigenvalue weighted by atomic mass is 16.3. The standard InChI is InChI=1S/C18H15N.C6H6O/c1-4-10-16(11-5-1)19(17-12-6-2-7-13-17)18-14-8-3-9-15-18;7-6-4-2-1-3-5-6/h1-15H;1-5,7H. The first kappa shape index (κ1) is 17.3. The van der Waals surface area contributed by atoms with Crippen LogP contribution in [0.5, 0.6) is 5.75 Å². The summed E-state index contributed by atoms with van der Waals surface area (Å²) in [5.41, 5.74) is 3.50. The average Bonchev–Trinajstić information content (AvgIpc) is 2.72. The summed E-state index contributed by atoms with van der Waals surface area (Å²) in [5, 5.41) is 8.63. The molecule has 0 aliphatic carbocycles. The maximum Gasteiger partial charge on any atom is 0.115 e. The topological polar surface area (TPSA) is 23.5 Å². The summed E-state index contributed by atoms with van der Waals surface area (Å²) < 4.78 is 0. The molecular formula is C24H21NO. The zero-order valence-electron chi connectivity index (χ0n) is 14.4. The number of phenols is 1. The molecule has 0 atom stereocenters. The molecule has 0 aromatic heterocycles. The van der Waals surface area contributed by atoms with Gasteiger partial charge in [0, 0.05) is 17.1 Å². The summed E-state index contributed by atoms with van der Waals surface area (Å²) in [4.78, 5) is 2.25. The summed E-state index contributed by atoms with van der Waals surface area (Å²) in [6.07, 6.45) is 0. The Morgan fingerprint density at radius 1 is 0.385 bits per heavy atom. The van der Waals surface area contributed by atoms with Gasteiger partial charge in [0.25, 0.3) is 0 Å². The quantitative estimate of drug-likeness (QED) is 0.457. The van der Waals surface area contributed by atoms with Crippen molar-refractivity contribution in [3.05, 3.63) is 121 Å². The summed E-state index contributed by atoms with van der Waals surface area (Å²) in [6.45, 7) is 0. The molecule has 0 spiro atoms. The fraction of sp³-hybridized carbons (Fsp3) is 0. The molecule has 0 aliphatic rings. The molecule has 128 valence electrons. The van der Waals surface area contributed by atoms with E-state index in [2.05, 4.69) is 77.7 Å². The van der Waals surface area contributed by atoms with Gasteiger partial charge in [-0.2, -0.15) is 0 Å². The maximum absolute atomic E-state index is 8.63. The summed E-state index contributed by atoms with van der Waals surface area (Å²) >= 11 is 0. The SMILES string of the molecule is Oc1ccccc1.c1ccc(N(c2ccccc2)c2ccccc2)cc1. The lowest BCUT2D eigenvalue weighted by Crippen LogP contribution is -2.09. The largest absolute Gasteiger partial charge is 0.508 e. The molecular weight excluding hydrogens is 318 g/mol. The van der Waals surface area contributed by atoms with Crippen LogP contribution in [-0.2, 0) is 0 Å². The Balaban J connectivity index is 0.000000236. The third kappa shape index (κ3) is 4.74. The van der Waals surface area contributed by atoms with Gasteiger partial charge in [-0.15, -0.1) is 0 Å². The number of anilines is 3. The van der Waals surface area contributed by atoms with Gasteiger partial charge >= 0.3 is 0 Å². The van der Waals surface area contributed by atoms with E-state index in [1.165, 1.54) is 17.1 Å². The normalized spacial score (nSPS) is 9.69. The molecule has 0 radical (unpaired) electrons. The predicted octanol–water partition coefficient (Wildman–Crippen LogP) is 6.55. The van der Waals surface area contributed by atoms with Crippen LogP contribution in [0.3, 0.4) is 0 Å². The number of nitrogens with zero attached hydrogens (tertiary/aromatic N) is 1. The van der Waals surface area contributed by atoms with Crippen LogP contribution >= 0.6 is 0 Å². The first-order valence-corrected chi connectivity index (χ1v) is 8.54. The van der Waals surface area contributed by atoms with E-state index in [4.69, 9.17) is 5.11 Å². The van der Waals surface area contributed by atoms with Crippen molar-refractivity contribution in [2.75, 3.05) is 4.90 Å². The minimum absolute atomic E-state index is 0.322. The van der Waals surface area contributed by atoms with Crippen molar-refractivity contribution in [2.24, 2.45) is 0 Å². The monoisotopic (exact) mass is 339 g/mol. The molecule has 4 aromatic rings. The lowest BCUT2D eigenvalue weighted by atomic mass is 10.2. The van der Waals surface area contributed by atoms with Crippen LogP contribution in [0.4, 0.5) is 17.1 Å². The Morgan fingerprint density at radius 2 is 0.654 bits per heavy atom. The molecule has 2 heteroatoms. The number of para-hydroxylation sites is 4. The van der Waals surface area contributed by atoms with Crippen molar-refractivity contribution in [3.8, 4) is 5.75 Å². The van der Waals surface area contributed by atoms with Crippen LogP contribution in [0, 0.1) is 0 Å². The Kier molecular flexibility index (Phi) is 6.05. The summed E-state index contributed by atoms with van der Waals surface area (Å²) in [7, 11) is 0. The molecule has 0 aliphatic heterocycles. The van der Waals surface area contributed by atoms with Gasteiger partial charge in [0.1, 0.15) is 5.75 Å². The molecule has 0 fully saturated rings. The van der Waals surface area contributed by atoms with Gasteiger partial charge in [-0.05, 0) is 48.5 Å². The highest BCUT2D eigenvalue weighted by Gasteiger charge is 2.10. The number of phenolic OH excluding ortho intramolecular Hbond substituents is 1. The van der Waals surface area contributed by atoms with Crippen LogP contribution < -0.4 is 4.90 Å². The lowest BCUT2D eigenvalue weighted by molar-refractivity contribution is 0.475. The molecule has 0 heterocycles. The molecule has 0 bridgehead atoms. The number of aromatic hydroxyl groups is 1. The van der Waals surface area contributed by atoms with Crippen molar-refractivity contribution in [1.29, 1.82) is 0 Å². The third-order valence-electron chi connectivity index (χ3n) is 3.80. The minimum Gasteiger partial charge on any atom is -0.508 e. The third-order valence-corrected chi connectivity index (χ3v) is 3.80. The zero-order chi connectivity index (χ0) is 18.0. The van der Waals surface area contributed by atoms with E-state index < -0.39 is 0 Å². The molecule has 26 heavy (non-hydrogen) atoms. The van der Waals surface area contributed by atoms with Gasteiger partial charge in [0.2, 0.25) is 0 Å². The van der Waals surface area contributed by atoms with Crippen LogP contribution in [0.2, 0.25) is 0 Å². The second-order valence-electron chi connectivity index (χ2n) is 5.68. The van der Waals surface area contributed by atoms with E-state index in [1.807, 2.05) is 24.3 Å². The molecule has 0 unspecified atom stereocenters. The molecule has 4 rings (SSSR count). The Bertz CT molecular complexity index is 784. The van der Waals surface area contributed by atoms with Gasteiger partial charge in [-0.3, -0.25) is 0 Å². The number of hydrogen-bond acceptors (Lipinski definition) is 2. The van der Waals surface area contributed by atoms with Gasteiger partial charge in [0.05, 0.1) is 0 Å². The predicted molar refractivity (Wildman–Crippen MR) is 109 cm³/mol. The van der Waals surface area contributed by atoms with Crippen LogP contribution in [-0.4, -0.2) is 5.11 Å². The van der Waals surface area contributed by atoms with E-state index in [0.717, 1.165) is 0 Å². The molecule has 0 saturated heterocycles. The van der Waals surface area contributed by atoms with Gasteiger partial charge in [0.15, 0.2) is 0 Å². The maximum atomic E-state index is 8.63. The number of rotatable bonds is 3. The zero-order valence-corrected chi connectivity index (χ0v) is 14.4. The first-order valence-electron chi connectivity index (χ1n) is 8.54. The second-order valence-corrected chi connectivity index (χ2v) is 5.68. The van der Waals surface area contributed by atoms with E-state index in [0.29, 0.717) is 5.75 Å². The van der Waals surface area contributed by atoms with E-state index in [-0.39, 0.29) is 0 Å². The number of hydrogen-bond donors (Lipinski definition) is 1. The van der Waals surface area contributed by atoms with E-state index >= 15 is 0 Å². The number of benzene rings is 4. The molecule has 1 N–H and O–H groups in total. The van der Waals surface area contributed by atoms with Gasteiger partial charge in [-0.25, -0.2) is 0 Å². The van der Waals surface area contributed by atoms with E-state index in [9.17, 15) is 0 Å². The minimum atomic E-state index is 0.322. The van der Waals surface area contributed by atoms with E-state index in [1.54, 1.807) is 24.3 Å². The highest BCUT2D eigenvalue weighted by Crippen LogP contribution is 2.33. The van der Waals surface area contributed by atoms with Crippen LogP contribution in [0.25, 0.3) is 0 Å². The summed E-state index contributed by atoms with van der Waals surface area (Å²) in [6, 6.07) is 40.0. The Morgan fingerprint density at radius 3 is 0.885 bits per heavy atom. The van der Waals surface area contributed by atoms with Crippen molar-refractivity contribution in [1.82, 2.24) is 0 Å². The van der Waals surface area contributed by atoms with Crippen molar-refractivity contribution < 1.29 is 5.11 Å². The smallest absolute Gasteiger partial charge is 0.115 e. The van der Waals surface area contributed by atoms with Gasteiger partial charge < -0.3 is 10.0 Å². The highest BCUT2D eigenvalue weighted by molar-refractivity contribution is 5.76. The molecule has 2 nitrogen and oxygen atoms in total. The van der Waals surface area contributed by atoms with Crippen molar-refractivity contribution >= 4 is 17.1 Å². The van der Waals surface area contributed by atoms with Crippen molar-refractivity contribution in [2.45, 2.75) is 0 Å². The second kappa shape index (κ2) is 9.09. The van der Waals surface area contributed by atoms with Gasteiger partial charge in [-0.1, -0.05) is 72.8 Å². The first-order chi connectivity index (χ1) is 12.8. The Hall–Kier alpha value is -3.52. The Labute approximate surface area is 154 Å². The molecule has 0 saturated carbocycles. The van der Waals surface area contributed by atoms with Crippen molar-refractivity contribution in [3.63, 3.8) is 0 Å². The summed E-state index contributed by atoms with van der Waals surface area (Å²) in [5.74, 6) is 0.322. The fourth-order valence-corrected chi connectivity index (χ4v) is 2.61. The fourth-order valence-electron chi connectivity index (χ4n) is 2.61. The average molecular weight is 339 g/mol. The molecule has 4 aromatic carbocycles. The lowest BCUT2D eigenvalue weighted by Gasteiger charge is -2.25. The van der Waals surface area contributed by atoms with Crippen LogP contribution in [0.1, 0.15) is 0 Å².